The first-order valence-electron chi connectivity index (χ1n) is 7.53. The van der Waals surface area contributed by atoms with E-state index in [-0.39, 0.29) is 6.10 Å². The molecule has 0 spiro atoms. The molecule has 1 saturated heterocycles. The number of carbonyl (C=O) groups is 1. The van der Waals surface area contributed by atoms with E-state index < -0.39 is 12.0 Å². The zero-order valence-corrected chi connectivity index (χ0v) is 12.4. The molecule has 0 bridgehead atoms. The molecule has 1 aliphatic rings. The third-order valence-electron chi connectivity index (χ3n) is 4.08. The van der Waals surface area contributed by atoms with Gasteiger partial charge in [0.2, 0.25) is 5.91 Å². The summed E-state index contributed by atoms with van der Waals surface area (Å²) in [5.74, 6) is 0.214. The Labute approximate surface area is 131 Å². The summed E-state index contributed by atoms with van der Waals surface area (Å²) in [7, 11) is 0. The van der Waals surface area contributed by atoms with Gasteiger partial charge in [0.15, 0.2) is 11.4 Å². The molecule has 23 heavy (non-hydrogen) atoms. The van der Waals surface area contributed by atoms with Crippen LogP contribution in [0.15, 0.2) is 35.0 Å². The summed E-state index contributed by atoms with van der Waals surface area (Å²) in [5.41, 5.74) is 7.44. The van der Waals surface area contributed by atoms with Gasteiger partial charge < -0.3 is 20.2 Å². The summed E-state index contributed by atoms with van der Waals surface area (Å²) in [4.78, 5) is 19.7. The van der Waals surface area contributed by atoms with Gasteiger partial charge in [0.1, 0.15) is 23.5 Å². The van der Waals surface area contributed by atoms with Crippen molar-refractivity contribution in [2.24, 2.45) is 5.73 Å². The molecule has 2 atom stereocenters. The number of hydrogen-bond donors (Lipinski definition) is 2. The van der Waals surface area contributed by atoms with Crippen molar-refractivity contribution in [3.8, 4) is 0 Å². The highest BCUT2D eigenvalue weighted by atomic mass is 16.5. The maximum atomic E-state index is 11.1. The molecule has 0 saturated carbocycles. The van der Waals surface area contributed by atoms with Gasteiger partial charge in [0, 0.05) is 11.9 Å². The molecule has 3 heterocycles. The summed E-state index contributed by atoms with van der Waals surface area (Å²) in [6, 6.07) is 7.73. The SMILES string of the molecule is NC(=O)C1CCC(CNc2ncnc3c2oc2ccccc23)O1. The van der Waals surface area contributed by atoms with Crippen molar-refractivity contribution in [2.45, 2.75) is 25.0 Å². The Morgan fingerprint density at radius 3 is 3.00 bits per heavy atom. The molecule has 118 valence electrons. The fourth-order valence-electron chi connectivity index (χ4n) is 2.93. The number of furan rings is 1. The van der Waals surface area contributed by atoms with Crippen LogP contribution in [0.3, 0.4) is 0 Å². The van der Waals surface area contributed by atoms with Crippen LogP contribution in [0.4, 0.5) is 5.82 Å². The number of hydrogen-bond acceptors (Lipinski definition) is 6. The molecule has 1 amide bonds. The van der Waals surface area contributed by atoms with Crippen LogP contribution >= 0.6 is 0 Å². The van der Waals surface area contributed by atoms with Crippen LogP contribution < -0.4 is 11.1 Å². The second-order valence-electron chi connectivity index (χ2n) is 5.61. The Morgan fingerprint density at radius 2 is 2.17 bits per heavy atom. The van der Waals surface area contributed by atoms with Crippen molar-refractivity contribution in [1.29, 1.82) is 0 Å². The molecule has 7 heteroatoms. The number of para-hydroxylation sites is 1. The number of nitrogens with one attached hydrogen (secondary N) is 1. The highest BCUT2D eigenvalue weighted by Gasteiger charge is 2.29. The Bertz CT molecular complexity index is 876. The highest BCUT2D eigenvalue weighted by molar-refractivity contribution is 6.05. The maximum Gasteiger partial charge on any atom is 0.246 e. The molecular weight excluding hydrogens is 296 g/mol. The first-order chi connectivity index (χ1) is 11.2. The molecule has 1 aromatic carbocycles. The Hall–Kier alpha value is -2.67. The van der Waals surface area contributed by atoms with E-state index in [9.17, 15) is 4.79 Å². The average molecular weight is 312 g/mol. The monoisotopic (exact) mass is 312 g/mol. The number of rotatable bonds is 4. The third kappa shape index (κ3) is 2.49. The van der Waals surface area contributed by atoms with E-state index in [4.69, 9.17) is 14.9 Å². The van der Waals surface area contributed by atoms with E-state index in [1.54, 1.807) is 0 Å². The summed E-state index contributed by atoms with van der Waals surface area (Å²) >= 11 is 0. The second-order valence-corrected chi connectivity index (χ2v) is 5.61. The smallest absolute Gasteiger partial charge is 0.246 e. The molecule has 3 aromatic rings. The maximum absolute atomic E-state index is 11.1. The number of benzene rings is 1. The number of nitrogens with two attached hydrogens (primary N) is 1. The number of carbonyl (C=O) groups excluding carboxylic acids is 1. The van der Waals surface area contributed by atoms with Gasteiger partial charge in [-0.05, 0) is 25.0 Å². The summed E-state index contributed by atoms with van der Waals surface area (Å²) < 4.78 is 11.5. The predicted octanol–water partition coefficient (Wildman–Crippen LogP) is 1.82. The fraction of sp³-hybridized carbons (Fsp3) is 0.312. The lowest BCUT2D eigenvalue weighted by Crippen LogP contribution is -2.30. The molecule has 1 aliphatic heterocycles. The summed E-state index contributed by atoms with van der Waals surface area (Å²) in [5, 5.41) is 4.19. The lowest BCUT2D eigenvalue weighted by atomic mass is 10.2. The minimum Gasteiger partial charge on any atom is -0.450 e. The normalized spacial score (nSPS) is 21.0. The van der Waals surface area contributed by atoms with Crippen LogP contribution in [0.25, 0.3) is 22.1 Å². The van der Waals surface area contributed by atoms with Gasteiger partial charge in [-0.25, -0.2) is 9.97 Å². The van der Waals surface area contributed by atoms with Crippen LogP contribution in [0.2, 0.25) is 0 Å². The summed E-state index contributed by atoms with van der Waals surface area (Å²) in [6.45, 7) is 0.535. The van der Waals surface area contributed by atoms with Gasteiger partial charge in [-0.3, -0.25) is 4.79 Å². The van der Waals surface area contributed by atoms with Gasteiger partial charge in [-0.15, -0.1) is 0 Å². The van der Waals surface area contributed by atoms with Crippen LogP contribution in [0.1, 0.15) is 12.8 Å². The van der Waals surface area contributed by atoms with Crippen LogP contribution in [0, 0.1) is 0 Å². The Morgan fingerprint density at radius 1 is 1.30 bits per heavy atom. The largest absolute Gasteiger partial charge is 0.450 e. The van der Waals surface area contributed by atoms with Gasteiger partial charge >= 0.3 is 0 Å². The van der Waals surface area contributed by atoms with Crippen molar-refractivity contribution in [3.05, 3.63) is 30.6 Å². The first kappa shape index (κ1) is 14.0. The molecule has 7 nitrogen and oxygen atoms in total. The van der Waals surface area contributed by atoms with Gasteiger partial charge in [-0.1, -0.05) is 12.1 Å². The van der Waals surface area contributed by atoms with E-state index in [1.165, 1.54) is 6.33 Å². The molecule has 2 unspecified atom stereocenters. The fourth-order valence-corrected chi connectivity index (χ4v) is 2.93. The van der Waals surface area contributed by atoms with Crippen molar-refractivity contribution in [2.75, 3.05) is 11.9 Å². The van der Waals surface area contributed by atoms with E-state index in [0.29, 0.717) is 24.4 Å². The van der Waals surface area contributed by atoms with Gasteiger partial charge in [-0.2, -0.15) is 0 Å². The quantitative estimate of drug-likeness (QED) is 0.761. The van der Waals surface area contributed by atoms with Crippen LogP contribution in [-0.2, 0) is 9.53 Å². The second kappa shape index (κ2) is 5.51. The predicted molar refractivity (Wildman–Crippen MR) is 84.9 cm³/mol. The number of ether oxygens (including phenoxy) is 1. The highest BCUT2D eigenvalue weighted by Crippen LogP contribution is 2.30. The number of amides is 1. The first-order valence-corrected chi connectivity index (χ1v) is 7.53. The van der Waals surface area contributed by atoms with E-state index in [0.717, 1.165) is 22.9 Å². The van der Waals surface area contributed by atoms with Gasteiger partial charge in [0.05, 0.1) is 6.10 Å². The number of nitrogens with zero attached hydrogens (tertiary/aromatic N) is 2. The summed E-state index contributed by atoms with van der Waals surface area (Å²) in [6.07, 6.45) is 2.40. The standard InChI is InChI=1S/C16H16N4O3/c17-15(21)12-6-5-9(22-12)7-18-16-14-13(19-8-20-16)10-3-1-2-4-11(10)23-14/h1-4,8-9,12H,5-7H2,(H2,17,21)(H,18,19,20). The average Bonchev–Trinajstić information content (AvgIpc) is 3.18. The lowest BCUT2D eigenvalue weighted by Gasteiger charge is -2.12. The van der Waals surface area contributed by atoms with E-state index in [2.05, 4.69) is 15.3 Å². The minimum atomic E-state index is -0.488. The molecular formula is C16H16N4O3. The Balaban J connectivity index is 1.56. The zero-order valence-electron chi connectivity index (χ0n) is 12.4. The van der Waals surface area contributed by atoms with Crippen LogP contribution in [-0.4, -0.2) is 34.6 Å². The van der Waals surface area contributed by atoms with Gasteiger partial charge in [0.25, 0.3) is 0 Å². The number of anilines is 1. The molecule has 0 radical (unpaired) electrons. The van der Waals surface area contributed by atoms with Crippen molar-refractivity contribution in [3.63, 3.8) is 0 Å². The van der Waals surface area contributed by atoms with E-state index in [1.807, 2.05) is 24.3 Å². The lowest BCUT2D eigenvalue weighted by molar-refractivity contribution is -0.128. The number of fused-ring (bicyclic) bond motifs is 3. The van der Waals surface area contributed by atoms with Crippen molar-refractivity contribution in [1.82, 2.24) is 9.97 Å². The topological polar surface area (TPSA) is 103 Å². The number of aromatic nitrogens is 2. The minimum absolute atomic E-state index is 0.0677. The van der Waals surface area contributed by atoms with Crippen LogP contribution in [0.5, 0.6) is 0 Å². The molecule has 4 rings (SSSR count). The zero-order chi connectivity index (χ0) is 15.8. The number of primary amides is 1. The van der Waals surface area contributed by atoms with Crippen molar-refractivity contribution < 1.29 is 13.9 Å². The Kier molecular flexibility index (Phi) is 3.34. The molecule has 2 aromatic heterocycles. The van der Waals surface area contributed by atoms with Crippen molar-refractivity contribution >= 4 is 33.8 Å². The molecule has 1 fully saturated rings. The third-order valence-corrected chi connectivity index (χ3v) is 4.08. The molecule has 0 aliphatic carbocycles. The molecule has 3 N–H and O–H groups in total. The van der Waals surface area contributed by atoms with E-state index >= 15 is 0 Å².